The fourth-order valence-electron chi connectivity index (χ4n) is 3.65. The number of rotatable bonds is 4. The van der Waals surface area contributed by atoms with Crippen LogP contribution in [0.1, 0.15) is 29.7 Å². The molecule has 0 radical (unpaired) electrons. The number of anilines is 1. The van der Waals surface area contributed by atoms with E-state index in [2.05, 4.69) is 10.2 Å². The molecule has 5 heteroatoms. The third-order valence-corrected chi connectivity index (χ3v) is 4.99. The quantitative estimate of drug-likeness (QED) is 0.688. The molecule has 0 bridgehead atoms. The first kappa shape index (κ1) is 19.2. The van der Waals surface area contributed by atoms with Gasteiger partial charge in [-0.1, -0.05) is 48.5 Å². The van der Waals surface area contributed by atoms with Crippen molar-refractivity contribution < 1.29 is 13.9 Å². The van der Waals surface area contributed by atoms with Crippen molar-refractivity contribution in [2.45, 2.75) is 26.1 Å². The van der Waals surface area contributed by atoms with Crippen molar-refractivity contribution in [3.05, 3.63) is 95.3 Å². The lowest BCUT2D eigenvalue weighted by molar-refractivity contribution is -0.114. The van der Waals surface area contributed by atoms with Crippen molar-refractivity contribution in [1.29, 1.82) is 0 Å². The minimum atomic E-state index is -0.390. The Balaban J connectivity index is 1.59. The van der Waals surface area contributed by atoms with E-state index in [-0.39, 0.29) is 11.7 Å². The molecule has 0 spiro atoms. The predicted octanol–water partition coefficient (Wildman–Crippen LogP) is 4.92. The first-order chi connectivity index (χ1) is 14.1. The largest absolute Gasteiger partial charge is 0.484 e. The fraction of sp³-hybridized carbons (Fsp3) is 0.208. The number of amides is 1. The van der Waals surface area contributed by atoms with Gasteiger partial charge in [-0.25, -0.2) is 4.39 Å². The maximum absolute atomic E-state index is 14.5. The van der Waals surface area contributed by atoms with Gasteiger partial charge in [0.15, 0.2) is 0 Å². The van der Waals surface area contributed by atoms with Gasteiger partial charge in [-0.15, -0.1) is 0 Å². The van der Waals surface area contributed by atoms with Crippen molar-refractivity contribution in [2.75, 3.05) is 11.9 Å². The summed E-state index contributed by atoms with van der Waals surface area (Å²) in [5, 5.41) is 2.78. The Bertz CT molecular complexity index is 1000. The molecule has 1 heterocycles. The van der Waals surface area contributed by atoms with E-state index in [1.165, 1.54) is 13.0 Å². The SMILES string of the molecule is CC(=O)Nc1ccc(CN2Cc3ccccc3OC(c3ccccc3F)C2)cc1. The van der Waals surface area contributed by atoms with Gasteiger partial charge in [-0.2, -0.15) is 0 Å². The third kappa shape index (κ3) is 4.63. The molecule has 4 nitrogen and oxygen atoms in total. The van der Waals surface area contributed by atoms with Crippen molar-refractivity contribution in [1.82, 2.24) is 4.90 Å². The zero-order valence-corrected chi connectivity index (χ0v) is 16.3. The van der Waals surface area contributed by atoms with Gasteiger partial charge < -0.3 is 10.1 Å². The number of nitrogens with zero attached hydrogens (tertiary/aromatic N) is 1. The maximum Gasteiger partial charge on any atom is 0.221 e. The van der Waals surface area contributed by atoms with E-state index in [0.717, 1.165) is 22.6 Å². The molecule has 0 fully saturated rings. The van der Waals surface area contributed by atoms with E-state index in [9.17, 15) is 9.18 Å². The topological polar surface area (TPSA) is 41.6 Å². The highest BCUT2D eigenvalue weighted by Crippen LogP contribution is 2.32. The number of nitrogens with one attached hydrogen (secondary N) is 1. The van der Waals surface area contributed by atoms with E-state index < -0.39 is 6.10 Å². The van der Waals surface area contributed by atoms with Gasteiger partial charge in [0.1, 0.15) is 17.7 Å². The second-order valence-corrected chi connectivity index (χ2v) is 7.28. The molecular weight excluding hydrogens is 367 g/mol. The van der Waals surface area contributed by atoms with Gasteiger partial charge in [0.05, 0.1) is 0 Å². The molecule has 3 aromatic carbocycles. The first-order valence-electron chi connectivity index (χ1n) is 9.66. The summed E-state index contributed by atoms with van der Waals surface area (Å²) in [4.78, 5) is 13.5. The minimum absolute atomic E-state index is 0.0910. The van der Waals surface area contributed by atoms with Crippen LogP contribution in [0.15, 0.2) is 72.8 Å². The molecule has 0 saturated heterocycles. The normalized spacial score (nSPS) is 16.4. The van der Waals surface area contributed by atoms with Crippen LogP contribution in [0.5, 0.6) is 5.75 Å². The zero-order valence-electron chi connectivity index (χ0n) is 16.3. The van der Waals surface area contributed by atoms with Crippen molar-refractivity contribution >= 4 is 11.6 Å². The molecule has 1 aliphatic rings. The van der Waals surface area contributed by atoms with E-state index in [1.54, 1.807) is 12.1 Å². The number of hydrogen-bond acceptors (Lipinski definition) is 3. The average molecular weight is 390 g/mol. The number of para-hydroxylation sites is 1. The Morgan fingerprint density at radius 1 is 1.07 bits per heavy atom. The molecule has 148 valence electrons. The molecule has 1 amide bonds. The third-order valence-electron chi connectivity index (χ3n) is 4.99. The lowest BCUT2D eigenvalue weighted by atomic mass is 10.1. The van der Waals surface area contributed by atoms with Crippen LogP contribution >= 0.6 is 0 Å². The molecule has 0 aromatic heterocycles. The lowest BCUT2D eigenvalue weighted by Gasteiger charge is -2.24. The second kappa shape index (κ2) is 8.45. The van der Waals surface area contributed by atoms with E-state index in [4.69, 9.17) is 4.74 Å². The summed E-state index contributed by atoms with van der Waals surface area (Å²) in [6.07, 6.45) is -0.390. The number of benzene rings is 3. The number of halogens is 1. The molecule has 0 aliphatic carbocycles. The summed E-state index contributed by atoms with van der Waals surface area (Å²) in [6, 6.07) is 22.5. The summed E-state index contributed by atoms with van der Waals surface area (Å²) < 4.78 is 20.7. The van der Waals surface area contributed by atoms with Crippen LogP contribution in [0.2, 0.25) is 0 Å². The Morgan fingerprint density at radius 3 is 2.55 bits per heavy atom. The van der Waals surface area contributed by atoms with E-state index in [1.807, 2.05) is 54.6 Å². The van der Waals surface area contributed by atoms with Crippen LogP contribution in [0.4, 0.5) is 10.1 Å². The second-order valence-electron chi connectivity index (χ2n) is 7.28. The maximum atomic E-state index is 14.5. The molecule has 1 atom stereocenters. The molecular formula is C24H23FN2O2. The van der Waals surface area contributed by atoms with E-state index in [0.29, 0.717) is 25.2 Å². The van der Waals surface area contributed by atoms with Crippen molar-refractivity contribution in [2.24, 2.45) is 0 Å². The van der Waals surface area contributed by atoms with Crippen LogP contribution < -0.4 is 10.1 Å². The summed E-state index contributed by atoms with van der Waals surface area (Å²) in [6.45, 7) is 3.48. The summed E-state index contributed by atoms with van der Waals surface area (Å²) >= 11 is 0. The Kier molecular flexibility index (Phi) is 5.58. The smallest absolute Gasteiger partial charge is 0.221 e. The number of carbonyl (C=O) groups excluding carboxylic acids is 1. The van der Waals surface area contributed by atoms with E-state index >= 15 is 0 Å². The molecule has 4 rings (SSSR count). The standard InChI is InChI=1S/C24H23FN2O2/c1-17(28)26-20-12-10-18(11-13-20)14-27-15-19-6-2-5-9-23(19)29-24(16-27)21-7-3-4-8-22(21)25/h2-13,24H,14-16H2,1H3,(H,26,28). The Hall–Kier alpha value is -3.18. The average Bonchev–Trinajstić information content (AvgIpc) is 2.88. The van der Waals surface area contributed by atoms with Crippen LogP contribution in [0.25, 0.3) is 0 Å². The Morgan fingerprint density at radius 2 is 1.79 bits per heavy atom. The minimum Gasteiger partial charge on any atom is -0.484 e. The summed E-state index contributed by atoms with van der Waals surface area (Å²) in [7, 11) is 0. The number of fused-ring (bicyclic) bond motifs is 1. The van der Waals surface area contributed by atoms with Crippen LogP contribution in [-0.4, -0.2) is 17.4 Å². The molecule has 0 saturated carbocycles. The highest BCUT2D eigenvalue weighted by molar-refractivity contribution is 5.88. The highest BCUT2D eigenvalue weighted by Gasteiger charge is 2.26. The number of ether oxygens (including phenoxy) is 1. The van der Waals surface area contributed by atoms with Gasteiger partial charge in [0, 0.05) is 43.4 Å². The fourth-order valence-corrected chi connectivity index (χ4v) is 3.65. The van der Waals surface area contributed by atoms with Gasteiger partial charge >= 0.3 is 0 Å². The number of hydrogen-bond donors (Lipinski definition) is 1. The Labute approximate surface area is 169 Å². The van der Waals surface area contributed by atoms with Gasteiger partial charge in [0.25, 0.3) is 0 Å². The molecule has 1 unspecified atom stereocenters. The summed E-state index contributed by atoms with van der Waals surface area (Å²) in [5.74, 6) is 0.451. The monoisotopic (exact) mass is 390 g/mol. The van der Waals surface area contributed by atoms with Gasteiger partial charge in [0.2, 0.25) is 5.91 Å². The van der Waals surface area contributed by atoms with Crippen LogP contribution in [0.3, 0.4) is 0 Å². The lowest BCUT2D eigenvalue weighted by Crippen LogP contribution is -2.28. The number of carbonyl (C=O) groups is 1. The van der Waals surface area contributed by atoms with Crippen molar-refractivity contribution in [3.8, 4) is 5.75 Å². The predicted molar refractivity (Wildman–Crippen MR) is 111 cm³/mol. The van der Waals surface area contributed by atoms with Crippen molar-refractivity contribution in [3.63, 3.8) is 0 Å². The van der Waals surface area contributed by atoms with Gasteiger partial charge in [-0.3, -0.25) is 9.69 Å². The molecule has 3 aromatic rings. The highest BCUT2D eigenvalue weighted by atomic mass is 19.1. The molecule has 1 aliphatic heterocycles. The van der Waals surface area contributed by atoms with Gasteiger partial charge in [-0.05, 0) is 29.8 Å². The molecule has 1 N–H and O–H groups in total. The molecule has 29 heavy (non-hydrogen) atoms. The summed E-state index contributed by atoms with van der Waals surface area (Å²) in [5.41, 5.74) is 3.54. The van der Waals surface area contributed by atoms with Crippen LogP contribution in [-0.2, 0) is 17.9 Å². The first-order valence-corrected chi connectivity index (χ1v) is 9.66. The van der Waals surface area contributed by atoms with Crippen LogP contribution in [0, 0.1) is 5.82 Å². The zero-order chi connectivity index (χ0) is 20.2.